The van der Waals surface area contributed by atoms with Gasteiger partial charge in [0.2, 0.25) is 5.89 Å². The average molecular weight is 303 g/mol. The Kier molecular flexibility index (Phi) is 2.88. The highest BCUT2D eigenvalue weighted by Gasteiger charge is 2.08. The van der Waals surface area contributed by atoms with Gasteiger partial charge in [-0.1, -0.05) is 22.9 Å². The van der Waals surface area contributed by atoms with E-state index in [0.717, 1.165) is 33.3 Å². The van der Waals surface area contributed by atoms with Crippen LogP contribution in [0.2, 0.25) is 0 Å². The SMILES string of the molecule is CCc1ccc(-c2nc3cc(Br)ccc3o2)cn1. The number of hydrogen-bond acceptors (Lipinski definition) is 3. The minimum absolute atomic E-state index is 0.609. The first kappa shape index (κ1) is 11.4. The maximum absolute atomic E-state index is 5.71. The summed E-state index contributed by atoms with van der Waals surface area (Å²) in [6, 6.07) is 9.78. The van der Waals surface area contributed by atoms with Gasteiger partial charge in [0, 0.05) is 16.4 Å². The molecule has 2 aromatic heterocycles. The molecule has 0 unspecified atom stereocenters. The van der Waals surface area contributed by atoms with Crippen LogP contribution in [-0.2, 0) is 6.42 Å². The van der Waals surface area contributed by atoms with Crippen molar-refractivity contribution in [3.63, 3.8) is 0 Å². The molecule has 0 amide bonds. The largest absolute Gasteiger partial charge is 0.436 e. The highest BCUT2D eigenvalue weighted by atomic mass is 79.9. The number of fused-ring (bicyclic) bond motifs is 1. The monoisotopic (exact) mass is 302 g/mol. The summed E-state index contributed by atoms with van der Waals surface area (Å²) in [6.07, 6.45) is 2.74. The number of oxazole rings is 1. The Labute approximate surface area is 113 Å². The summed E-state index contributed by atoms with van der Waals surface area (Å²) >= 11 is 3.42. The normalized spacial score (nSPS) is 11.0. The van der Waals surface area contributed by atoms with Crippen LogP contribution in [0.25, 0.3) is 22.6 Å². The topological polar surface area (TPSA) is 38.9 Å². The van der Waals surface area contributed by atoms with E-state index in [-0.39, 0.29) is 0 Å². The molecular weight excluding hydrogens is 292 g/mol. The Hall–Kier alpha value is -1.68. The zero-order chi connectivity index (χ0) is 12.5. The quantitative estimate of drug-likeness (QED) is 0.711. The predicted molar refractivity (Wildman–Crippen MR) is 74.3 cm³/mol. The van der Waals surface area contributed by atoms with E-state index in [4.69, 9.17) is 4.42 Å². The number of pyridine rings is 1. The molecule has 0 saturated carbocycles. The molecular formula is C14H11BrN2O. The van der Waals surface area contributed by atoms with Crippen LogP contribution in [0.4, 0.5) is 0 Å². The van der Waals surface area contributed by atoms with Crippen molar-refractivity contribution in [3.05, 3.63) is 46.7 Å². The first-order valence-corrected chi connectivity index (χ1v) is 6.57. The zero-order valence-electron chi connectivity index (χ0n) is 9.85. The summed E-state index contributed by atoms with van der Waals surface area (Å²) in [5.74, 6) is 0.609. The minimum Gasteiger partial charge on any atom is -0.436 e. The maximum Gasteiger partial charge on any atom is 0.228 e. The summed E-state index contributed by atoms with van der Waals surface area (Å²) in [4.78, 5) is 8.81. The molecule has 0 aliphatic rings. The van der Waals surface area contributed by atoms with Gasteiger partial charge in [0.25, 0.3) is 0 Å². The van der Waals surface area contributed by atoms with E-state index in [1.165, 1.54) is 0 Å². The molecule has 3 nitrogen and oxygen atoms in total. The Morgan fingerprint density at radius 2 is 2.11 bits per heavy atom. The third-order valence-corrected chi connectivity index (χ3v) is 3.28. The zero-order valence-corrected chi connectivity index (χ0v) is 11.4. The molecule has 3 aromatic rings. The van der Waals surface area contributed by atoms with Gasteiger partial charge in [0.15, 0.2) is 5.58 Å². The second-order valence-corrected chi connectivity index (χ2v) is 4.94. The molecule has 1 aromatic carbocycles. The third kappa shape index (κ3) is 2.04. The molecule has 4 heteroatoms. The van der Waals surface area contributed by atoms with Gasteiger partial charge >= 0.3 is 0 Å². The number of halogens is 1. The lowest BCUT2D eigenvalue weighted by Crippen LogP contribution is -1.86. The van der Waals surface area contributed by atoms with Crippen LogP contribution >= 0.6 is 15.9 Å². The molecule has 90 valence electrons. The summed E-state index contributed by atoms with van der Waals surface area (Å²) in [7, 11) is 0. The van der Waals surface area contributed by atoms with Crippen molar-refractivity contribution in [3.8, 4) is 11.5 Å². The van der Waals surface area contributed by atoms with Crippen LogP contribution in [0.15, 0.2) is 45.4 Å². The number of nitrogens with zero attached hydrogens (tertiary/aromatic N) is 2. The van der Waals surface area contributed by atoms with E-state index in [1.54, 1.807) is 6.20 Å². The molecule has 0 fully saturated rings. The van der Waals surface area contributed by atoms with Gasteiger partial charge in [-0.25, -0.2) is 4.98 Å². The van der Waals surface area contributed by atoms with E-state index in [1.807, 2.05) is 30.3 Å². The van der Waals surface area contributed by atoms with Gasteiger partial charge in [0.05, 0.1) is 5.56 Å². The molecule has 0 saturated heterocycles. The van der Waals surface area contributed by atoms with Crippen molar-refractivity contribution in [1.82, 2.24) is 9.97 Å². The number of hydrogen-bond donors (Lipinski definition) is 0. The van der Waals surface area contributed by atoms with E-state index >= 15 is 0 Å². The van der Waals surface area contributed by atoms with Gasteiger partial charge in [-0.3, -0.25) is 4.98 Å². The highest BCUT2D eigenvalue weighted by molar-refractivity contribution is 9.10. The fourth-order valence-electron chi connectivity index (χ4n) is 1.78. The second kappa shape index (κ2) is 4.53. The first-order valence-electron chi connectivity index (χ1n) is 5.77. The lowest BCUT2D eigenvalue weighted by atomic mass is 10.2. The van der Waals surface area contributed by atoms with Crippen molar-refractivity contribution in [2.24, 2.45) is 0 Å². The van der Waals surface area contributed by atoms with Crippen LogP contribution in [0.1, 0.15) is 12.6 Å². The summed E-state index contributed by atoms with van der Waals surface area (Å²) in [5.41, 5.74) is 3.60. The first-order chi connectivity index (χ1) is 8.76. The number of benzene rings is 1. The van der Waals surface area contributed by atoms with E-state index in [9.17, 15) is 0 Å². The number of aryl methyl sites for hydroxylation is 1. The number of aromatic nitrogens is 2. The summed E-state index contributed by atoms with van der Waals surface area (Å²) < 4.78 is 6.71. The molecule has 0 spiro atoms. The van der Waals surface area contributed by atoms with Crippen molar-refractivity contribution in [2.75, 3.05) is 0 Å². The van der Waals surface area contributed by atoms with Gasteiger partial charge in [-0.05, 0) is 36.8 Å². The van der Waals surface area contributed by atoms with Crippen molar-refractivity contribution in [2.45, 2.75) is 13.3 Å². The number of rotatable bonds is 2. The van der Waals surface area contributed by atoms with Crippen LogP contribution in [-0.4, -0.2) is 9.97 Å². The van der Waals surface area contributed by atoms with Gasteiger partial charge in [-0.15, -0.1) is 0 Å². The predicted octanol–water partition coefficient (Wildman–Crippen LogP) is 4.21. The van der Waals surface area contributed by atoms with E-state index in [0.29, 0.717) is 5.89 Å². The Morgan fingerprint density at radius 1 is 1.22 bits per heavy atom. The van der Waals surface area contributed by atoms with Crippen molar-refractivity contribution >= 4 is 27.0 Å². The highest BCUT2D eigenvalue weighted by Crippen LogP contribution is 2.25. The molecule has 0 radical (unpaired) electrons. The molecule has 0 aliphatic heterocycles. The Balaban J connectivity index is 2.07. The summed E-state index contributed by atoms with van der Waals surface area (Å²) in [5, 5.41) is 0. The second-order valence-electron chi connectivity index (χ2n) is 4.02. The van der Waals surface area contributed by atoms with Crippen LogP contribution in [0.5, 0.6) is 0 Å². The Bertz CT molecular complexity index is 689. The van der Waals surface area contributed by atoms with Crippen molar-refractivity contribution < 1.29 is 4.42 Å². The molecule has 0 N–H and O–H groups in total. The fraction of sp³-hybridized carbons (Fsp3) is 0.143. The lowest BCUT2D eigenvalue weighted by Gasteiger charge is -1.96. The van der Waals surface area contributed by atoms with E-state index < -0.39 is 0 Å². The van der Waals surface area contributed by atoms with Gasteiger partial charge in [0.1, 0.15) is 5.52 Å². The minimum atomic E-state index is 0.609. The van der Waals surface area contributed by atoms with Crippen LogP contribution < -0.4 is 0 Å². The smallest absolute Gasteiger partial charge is 0.228 e. The lowest BCUT2D eigenvalue weighted by molar-refractivity contribution is 0.619. The van der Waals surface area contributed by atoms with E-state index in [2.05, 4.69) is 32.8 Å². The molecule has 0 aliphatic carbocycles. The average Bonchev–Trinajstić information content (AvgIpc) is 2.81. The molecule has 0 atom stereocenters. The molecule has 0 bridgehead atoms. The fourth-order valence-corrected chi connectivity index (χ4v) is 2.13. The van der Waals surface area contributed by atoms with Crippen LogP contribution in [0, 0.1) is 0 Å². The van der Waals surface area contributed by atoms with Gasteiger partial charge in [-0.2, -0.15) is 0 Å². The molecule has 3 rings (SSSR count). The third-order valence-electron chi connectivity index (χ3n) is 2.78. The molecule has 2 heterocycles. The standard InChI is InChI=1S/C14H11BrN2O/c1-2-11-5-3-9(8-16-11)14-17-12-7-10(15)4-6-13(12)18-14/h3-8H,2H2,1H3. The molecule has 18 heavy (non-hydrogen) atoms. The van der Waals surface area contributed by atoms with Crippen molar-refractivity contribution in [1.29, 1.82) is 0 Å². The Morgan fingerprint density at radius 3 is 2.83 bits per heavy atom. The summed E-state index contributed by atoms with van der Waals surface area (Å²) in [6.45, 7) is 2.08. The maximum atomic E-state index is 5.71. The van der Waals surface area contributed by atoms with Crippen LogP contribution in [0.3, 0.4) is 0 Å². The van der Waals surface area contributed by atoms with Gasteiger partial charge < -0.3 is 4.42 Å².